The standard InChI is InChI=1S/C15H11ClN6O3S/c16-9-1-3-10(4-2-9)20-7-11-19-21(15(25)22(11)14(20)24)8-12(23)18-13-17-5-6-26-13/h1-6H,7-8H2,(H,17,18,23). The zero-order valence-corrected chi connectivity index (χ0v) is 14.7. The first kappa shape index (κ1) is 16.5. The zero-order chi connectivity index (χ0) is 18.3. The van der Waals surface area contributed by atoms with Crippen LogP contribution in [0.4, 0.5) is 15.6 Å². The minimum absolute atomic E-state index is 0.136. The van der Waals surface area contributed by atoms with Crippen LogP contribution in [0.2, 0.25) is 5.02 Å². The van der Waals surface area contributed by atoms with Gasteiger partial charge in [0.1, 0.15) is 6.54 Å². The highest BCUT2D eigenvalue weighted by molar-refractivity contribution is 7.13. The molecule has 3 heterocycles. The van der Waals surface area contributed by atoms with Gasteiger partial charge in [-0.05, 0) is 24.3 Å². The number of halogens is 1. The number of thiazole rings is 1. The van der Waals surface area contributed by atoms with E-state index in [0.29, 0.717) is 15.8 Å². The van der Waals surface area contributed by atoms with Crippen molar-refractivity contribution < 1.29 is 9.59 Å². The molecule has 1 N–H and O–H groups in total. The fourth-order valence-electron chi connectivity index (χ4n) is 2.58. The second kappa shape index (κ2) is 6.39. The van der Waals surface area contributed by atoms with Gasteiger partial charge in [0.05, 0.1) is 6.54 Å². The van der Waals surface area contributed by atoms with Crippen molar-refractivity contribution in [1.82, 2.24) is 19.3 Å². The van der Waals surface area contributed by atoms with Gasteiger partial charge in [-0.3, -0.25) is 9.69 Å². The molecule has 0 fully saturated rings. The van der Waals surface area contributed by atoms with Crippen molar-refractivity contribution in [3.05, 3.63) is 57.2 Å². The van der Waals surface area contributed by atoms with E-state index < -0.39 is 17.6 Å². The van der Waals surface area contributed by atoms with E-state index in [9.17, 15) is 14.4 Å². The molecule has 26 heavy (non-hydrogen) atoms. The Morgan fingerprint density at radius 1 is 1.27 bits per heavy atom. The van der Waals surface area contributed by atoms with Crippen LogP contribution in [-0.2, 0) is 17.9 Å². The van der Waals surface area contributed by atoms with Crippen molar-refractivity contribution >= 4 is 45.7 Å². The molecule has 0 saturated carbocycles. The highest BCUT2D eigenvalue weighted by Gasteiger charge is 2.33. The monoisotopic (exact) mass is 390 g/mol. The van der Waals surface area contributed by atoms with Gasteiger partial charge in [0, 0.05) is 22.3 Å². The van der Waals surface area contributed by atoms with E-state index >= 15 is 0 Å². The Morgan fingerprint density at radius 2 is 2.04 bits per heavy atom. The maximum atomic E-state index is 12.6. The first-order valence-electron chi connectivity index (χ1n) is 7.48. The molecule has 0 saturated heterocycles. The quantitative estimate of drug-likeness (QED) is 0.731. The normalized spacial score (nSPS) is 13.1. The fraction of sp³-hybridized carbons (Fsp3) is 0.133. The molecule has 1 aromatic carbocycles. The van der Waals surface area contributed by atoms with E-state index in [2.05, 4.69) is 15.4 Å². The third kappa shape index (κ3) is 2.89. The third-order valence-electron chi connectivity index (χ3n) is 3.74. The van der Waals surface area contributed by atoms with Crippen molar-refractivity contribution in [3.8, 4) is 0 Å². The highest BCUT2D eigenvalue weighted by atomic mass is 35.5. The topological polar surface area (TPSA) is 102 Å². The number of aromatic nitrogens is 4. The van der Waals surface area contributed by atoms with Crippen LogP contribution in [0.25, 0.3) is 0 Å². The molecule has 0 bridgehead atoms. The number of nitrogens with one attached hydrogen (secondary N) is 1. The Bertz CT molecular complexity index is 1040. The van der Waals surface area contributed by atoms with Crippen LogP contribution in [0.15, 0.2) is 40.6 Å². The molecule has 3 aromatic rings. The summed E-state index contributed by atoms with van der Waals surface area (Å²) in [6.07, 6.45) is 1.56. The Hall–Kier alpha value is -2.98. The molecule has 0 aliphatic carbocycles. The molecule has 0 unspecified atom stereocenters. The van der Waals surface area contributed by atoms with Gasteiger partial charge in [-0.25, -0.2) is 19.3 Å². The van der Waals surface area contributed by atoms with E-state index in [-0.39, 0.29) is 18.9 Å². The molecular formula is C15H11ClN6O3S. The van der Waals surface area contributed by atoms with Crippen LogP contribution < -0.4 is 15.9 Å². The number of hydrogen-bond donors (Lipinski definition) is 1. The van der Waals surface area contributed by atoms with Crippen molar-refractivity contribution in [3.63, 3.8) is 0 Å². The number of carbonyl (C=O) groups is 2. The predicted molar refractivity (Wildman–Crippen MR) is 95.7 cm³/mol. The number of fused-ring (bicyclic) bond motifs is 1. The van der Waals surface area contributed by atoms with Crippen molar-refractivity contribution in [2.24, 2.45) is 0 Å². The lowest BCUT2D eigenvalue weighted by atomic mass is 10.3. The van der Waals surface area contributed by atoms with Gasteiger partial charge in [0.15, 0.2) is 11.0 Å². The number of carbonyl (C=O) groups excluding carboxylic acids is 2. The largest absolute Gasteiger partial charge is 0.354 e. The summed E-state index contributed by atoms with van der Waals surface area (Å²) in [5.41, 5.74) is -0.0480. The van der Waals surface area contributed by atoms with Gasteiger partial charge in [-0.2, -0.15) is 9.67 Å². The maximum Gasteiger partial charge on any atom is 0.354 e. The van der Waals surface area contributed by atoms with Crippen LogP contribution in [-0.4, -0.2) is 31.3 Å². The van der Waals surface area contributed by atoms with Gasteiger partial charge < -0.3 is 5.32 Å². The SMILES string of the molecule is O=C(Cn1nc2n(c1=O)C(=O)N(c1ccc(Cl)cc1)C2)Nc1nccs1. The van der Waals surface area contributed by atoms with Gasteiger partial charge >= 0.3 is 11.7 Å². The van der Waals surface area contributed by atoms with E-state index in [4.69, 9.17) is 11.6 Å². The number of anilines is 2. The molecule has 2 aromatic heterocycles. The molecule has 11 heteroatoms. The molecule has 0 radical (unpaired) electrons. The molecule has 0 atom stereocenters. The van der Waals surface area contributed by atoms with E-state index in [0.717, 1.165) is 9.25 Å². The average Bonchev–Trinajstić information content (AvgIpc) is 3.29. The predicted octanol–water partition coefficient (Wildman–Crippen LogP) is 1.78. The van der Waals surface area contributed by atoms with Crippen molar-refractivity contribution in [2.75, 3.05) is 10.2 Å². The minimum atomic E-state index is -0.657. The van der Waals surface area contributed by atoms with E-state index in [1.165, 1.54) is 16.2 Å². The Morgan fingerprint density at radius 3 is 2.69 bits per heavy atom. The summed E-state index contributed by atoms with van der Waals surface area (Å²) in [4.78, 5) is 42.3. The molecule has 9 nitrogen and oxygen atoms in total. The second-order valence-electron chi connectivity index (χ2n) is 5.42. The number of amides is 2. The van der Waals surface area contributed by atoms with Crippen molar-refractivity contribution in [1.29, 1.82) is 0 Å². The molecule has 0 spiro atoms. The lowest BCUT2D eigenvalue weighted by Gasteiger charge is -2.14. The lowest BCUT2D eigenvalue weighted by Crippen LogP contribution is -2.36. The molecule has 1 aliphatic heterocycles. The van der Waals surface area contributed by atoms with Crippen LogP contribution >= 0.6 is 22.9 Å². The first-order chi connectivity index (χ1) is 12.5. The van der Waals surface area contributed by atoms with Crippen LogP contribution in [0.5, 0.6) is 0 Å². The van der Waals surface area contributed by atoms with Crippen LogP contribution in [0.1, 0.15) is 5.82 Å². The Balaban J connectivity index is 1.53. The van der Waals surface area contributed by atoms with Gasteiger partial charge in [-0.1, -0.05) is 11.6 Å². The Labute approximate surface area is 155 Å². The maximum absolute atomic E-state index is 12.6. The second-order valence-corrected chi connectivity index (χ2v) is 6.75. The van der Waals surface area contributed by atoms with Gasteiger partial charge in [-0.15, -0.1) is 11.3 Å². The average molecular weight is 391 g/mol. The number of rotatable bonds is 4. The number of nitrogens with zero attached hydrogens (tertiary/aromatic N) is 5. The molecule has 132 valence electrons. The summed E-state index contributed by atoms with van der Waals surface area (Å²) in [5.74, 6) is -0.169. The molecule has 2 amide bonds. The molecular weight excluding hydrogens is 380 g/mol. The first-order valence-corrected chi connectivity index (χ1v) is 8.74. The molecule has 4 rings (SSSR count). The summed E-state index contributed by atoms with van der Waals surface area (Å²) >= 11 is 7.12. The van der Waals surface area contributed by atoms with E-state index in [1.807, 2.05) is 0 Å². The minimum Gasteiger partial charge on any atom is -0.300 e. The van der Waals surface area contributed by atoms with Crippen LogP contribution in [0.3, 0.4) is 0 Å². The summed E-state index contributed by atoms with van der Waals surface area (Å²) in [7, 11) is 0. The summed E-state index contributed by atoms with van der Waals surface area (Å²) in [6, 6.07) is 6.18. The summed E-state index contributed by atoms with van der Waals surface area (Å²) < 4.78 is 1.93. The highest BCUT2D eigenvalue weighted by Crippen LogP contribution is 2.23. The number of benzene rings is 1. The van der Waals surface area contributed by atoms with Crippen LogP contribution in [0, 0.1) is 0 Å². The van der Waals surface area contributed by atoms with Crippen molar-refractivity contribution in [2.45, 2.75) is 13.1 Å². The third-order valence-corrected chi connectivity index (χ3v) is 4.68. The lowest BCUT2D eigenvalue weighted by molar-refractivity contribution is -0.117. The zero-order valence-electron chi connectivity index (χ0n) is 13.1. The summed E-state index contributed by atoms with van der Waals surface area (Å²) in [6.45, 7) is -0.163. The van der Waals surface area contributed by atoms with Gasteiger partial charge in [0.25, 0.3) is 0 Å². The van der Waals surface area contributed by atoms with E-state index in [1.54, 1.807) is 35.8 Å². The fourth-order valence-corrected chi connectivity index (χ4v) is 3.25. The Kier molecular flexibility index (Phi) is 4.05. The summed E-state index contributed by atoms with van der Waals surface area (Å²) in [5, 5.41) is 9.37. The number of hydrogen-bond acceptors (Lipinski definition) is 6. The van der Waals surface area contributed by atoms with Gasteiger partial charge in [0.2, 0.25) is 5.91 Å². The smallest absolute Gasteiger partial charge is 0.300 e. The molecule has 1 aliphatic rings.